The summed E-state index contributed by atoms with van der Waals surface area (Å²) >= 11 is 0. The lowest BCUT2D eigenvalue weighted by atomic mass is 9.90. The summed E-state index contributed by atoms with van der Waals surface area (Å²) in [7, 11) is 0. The van der Waals surface area contributed by atoms with Crippen molar-refractivity contribution in [3.8, 4) is 5.69 Å². The number of nitrogens with one attached hydrogen (secondary N) is 2. The predicted molar refractivity (Wildman–Crippen MR) is 104 cm³/mol. The molecule has 0 aliphatic heterocycles. The molecule has 4 rings (SSSR count). The molecule has 0 atom stereocenters. The third-order valence-corrected chi connectivity index (χ3v) is 4.41. The van der Waals surface area contributed by atoms with Gasteiger partial charge in [0.25, 0.3) is 5.56 Å². The van der Waals surface area contributed by atoms with Crippen LogP contribution < -0.4 is 5.56 Å². The van der Waals surface area contributed by atoms with Crippen LogP contribution in [0.5, 0.6) is 0 Å². The minimum Gasteiger partial charge on any atom is -0.477 e. The van der Waals surface area contributed by atoms with Crippen LogP contribution in [0.3, 0.4) is 0 Å². The summed E-state index contributed by atoms with van der Waals surface area (Å²) in [6, 6.07) is 16.2. The number of benzene rings is 2. The molecule has 1 heterocycles. The minimum absolute atomic E-state index is 0.0641. The Hall–Kier alpha value is -3.93. The van der Waals surface area contributed by atoms with Crippen LogP contribution in [-0.2, 0) is 0 Å². The van der Waals surface area contributed by atoms with Crippen LogP contribution in [0.1, 0.15) is 27.2 Å². The lowest BCUT2D eigenvalue weighted by Gasteiger charge is -2.14. The smallest absolute Gasteiger partial charge is 0.354 e. The molecule has 0 saturated carbocycles. The predicted octanol–water partition coefficient (Wildman–Crippen LogP) is 3.34. The van der Waals surface area contributed by atoms with Crippen LogP contribution in [0.25, 0.3) is 17.3 Å². The number of nitrogens with zero attached hydrogens (tertiary/aromatic N) is 1. The first kappa shape index (κ1) is 16.5. The van der Waals surface area contributed by atoms with Crippen molar-refractivity contribution in [2.45, 2.75) is 0 Å². The Labute approximate surface area is 154 Å². The van der Waals surface area contributed by atoms with Crippen LogP contribution in [-0.4, -0.2) is 26.6 Å². The number of hydrogen-bond donors (Lipinski definition) is 3. The molecule has 0 amide bonds. The van der Waals surface area contributed by atoms with Gasteiger partial charge in [-0.1, -0.05) is 48.5 Å². The molecule has 3 N–H and O–H groups in total. The molecule has 0 spiro atoms. The van der Waals surface area contributed by atoms with Gasteiger partial charge < -0.3 is 10.5 Å². The average molecular weight is 357 g/mol. The molecule has 0 bridgehead atoms. The van der Waals surface area contributed by atoms with Crippen molar-refractivity contribution in [1.82, 2.24) is 9.78 Å². The van der Waals surface area contributed by atoms with E-state index < -0.39 is 11.5 Å². The van der Waals surface area contributed by atoms with E-state index in [1.54, 1.807) is 42.5 Å². The number of rotatable bonds is 3. The normalized spacial score (nSPS) is 14.4. The molecule has 27 heavy (non-hydrogen) atoms. The SMILES string of the molecule is N=C1C=CC(=Cc2c(C(=O)O)[nH]n(-c3ccccc3)c2=O)c2ccccc21. The highest BCUT2D eigenvalue weighted by atomic mass is 16.4. The number of carboxylic acids is 1. The number of aromatic carboxylic acids is 1. The van der Waals surface area contributed by atoms with Crippen molar-refractivity contribution in [2.24, 2.45) is 0 Å². The fourth-order valence-electron chi connectivity index (χ4n) is 3.11. The Bertz CT molecular complexity index is 1180. The molecule has 1 aromatic heterocycles. The highest BCUT2D eigenvalue weighted by Crippen LogP contribution is 2.27. The van der Waals surface area contributed by atoms with E-state index in [2.05, 4.69) is 5.10 Å². The second kappa shape index (κ2) is 6.42. The topological polar surface area (TPSA) is 98.9 Å². The maximum Gasteiger partial charge on any atom is 0.354 e. The second-order valence-electron chi connectivity index (χ2n) is 6.07. The number of hydrogen-bond acceptors (Lipinski definition) is 3. The van der Waals surface area contributed by atoms with Gasteiger partial charge in [-0.25, -0.2) is 9.48 Å². The van der Waals surface area contributed by atoms with Crippen molar-refractivity contribution in [2.75, 3.05) is 0 Å². The Morgan fingerprint density at radius 2 is 1.67 bits per heavy atom. The number of carbonyl (C=O) groups is 1. The van der Waals surface area contributed by atoms with E-state index in [1.807, 2.05) is 30.3 Å². The highest BCUT2D eigenvalue weighted by Gasteiger charge is 2.21. The fourth-order valence-corrected chi connectivity index (χ4v) is 3.11. The molecule has 0 radical (unpaired) electrons. The van der Waals surface area contributed by atoms with E-state index in [9.17, 15) is 14.7 Å². The maximum atomic E-state index is 12.9. The molecule has 0 saturated heterocycles. The van der Waals surface area contributed by atoms with Crippen LogP contribution >= 0.6 is 0 Å². The zero-order chi connectivity index (χ0) is 19.0. The Morgan fingerprint density at radius 1 is 1.00 bits per heavy atom. The van der Waals surface area contributed by atoms with E-state index in [1.165, 1.54) is 4.68 Å². The zero-order valence-electron chi connectivity index (χ0n) is 14.1. The Kier molecular flexibility index (Phi) is 3.93. The van der Waals surface area contributed by atoms with Gasteiger partial charge in [0.05, 0.1) is 17.0 Å². The first-order valence-corrected chi connectivity index (χ1v) is 8.28. The molecule has 1 aliphatic rings. The third-order valence-electron chi connectivity index (χ3n) is 4.41. The van der Waals surface area contributed by atoms with Crippen LogP contribution in [0.15, 0.2) is 71.5 Å². The quantitative estimate of drug-likeness (QED) is 0.670. The van der Waals surface area contributed by atoms with Crippen molar-refractivity contribution in [3.05, 3.63) is 99.5 Å². The van der Waals surface area contributed by atoms with Gasteiger partial charge in [-0.2, -0.15) is 0 Å². The first-order chi connectivity index (χ1) is 13.1. The standard InChI is InChI=1S/C21H15N3O3/c22-18-11-10-13(15-8-4-5-9-16(15)18)12-17-19(21(26)27)23-24(20(17)25)14-6-2-1-3-7-14/h1-12,22-23H,(H,26,27). The van der Waals surface area contributed by atoms with Crippen LogP contribution in [0, 0.1) is 5.41 Å². The van der Waals surface area contributed by atoms with Gasteiger partial charge in [-0.3, -0.25) is 9.89 Å². The number of fused-ring (bicyclic) bond motifs is 1. The third kappa shape index (κ3) is 2.83. The molecule has 0 unspecified atom stereocenters. The van der Waals surface area contributed by atoms with Gasteiger partial charge >= 0.3 is 5.97 Å². The molecule has 6 heteroatoms. The summed E-state index contributed by atoms with van der Waals surface area (Å²) < 4.78 is 1.22. The van der Waals surface area contributed by atoms with Gasteiger partial charge in [-0.15, -0.1) is 0 Å². The molecule has 132 valence electrons. The van der Waals surface area contributed by atoms with Crippen LogP contribution in [0.2, 0.25) is 0 Å². The van der Waals surface area contributed by atoms with Gasteiger partial charge in [0.1, 0.15) is 0 Å². The summed E-state index contributed by atoms with van der Waals surface area (Å²) in [6.45, 7) is 0. The Morgan fingerprint density at radius 3 is 2.37 bits per heavy atom. The molecular weight excluding hydrogens is 342 g/mol. The number of carboxylic acid groups (broad SMARTS) is 1. The van der Waals surface area contributed by atoms with Crippen molar-refractivity contribution in [3.63, 3.8) is 0 Å². The molecule has 6 nitrogen and oxygen atoms in total. The van der Waals surface area contributed by atoms with Crippen molar-refractivity contribution in [1.29, 1.82) is 5.41 Å². The molecule has 2 aromatic carbocycles. The zero-order valence-corrected chi connectivity index (χ0v) is 14.1. The number of aromatic nitrogens is 2. The highest BCUT2D eigenvalue weighted by molar-refractivity contribution is 6.15. The van der Waals surface area contributed by atoms with Gasteiger partial charge in [-0.05, 0) is 35.4 Å². The lowest BCUT2D eigenvalue weighted by molar-refractivity contribution is 0.0689. The second-order valence-corrected chi connectivity index (χ2v) is 6.07. The maximum absolute atomic E-state index is 12.9. The molecule has 1 aliphatic carbocycles. The first-order valence-electron chi connectivity index (χ1n) is 8.28. The number of aromatic amines is 1. The summed E-state index contributed by atoms with van der Waals surface area (Å²) in [4.78, 5) is 24.6. The van der Waals surface area contributed by atoms with Gasteiger partial charge in [0, 0.05) is 5.56 Å². The van der Waals surface area contributed by atoms with Gasteiger partial charge in [0.2, 0.25) is 0 Å². The monoisotopic (exact) mass is 357 g/mol. The van der Waals surface area contributed by atoms with E-state index >= 15 is 0 Å². The number of para-hydroxylation sites is 1. The molecule has 0 fully saturated rings. The minimum atomic E-state index is -1.21. The number of H-pyrrole nitrogens is 1. The molecular formula is C21H15N3O3. The summed E-state index contributed by atoms with van der Waals surface area (Å²) in [5.74, 6) is -1.21. The average Bonchev–Trinajstić information content (AvgIpc) is 3.02. The molecule has 3 aromatic rings. The lowest BCUT2D eigenvalue weighted by Crippen LogP contribution is -2.16. The van der Waals surface area contributed by atoms with E-state index in [0.29, 0.717) is 17.0 Å². The van der Waals surface area contributed by atoms with E-state index in [0.717, 1.165) is 11.1 Å². The summed E-state index contributed by atoms with van der Waals surface area (Å²) in [5, 5.41) is 20.3. The fraction of sp³-hybridized carbons (Fsp3) is 0. The Balaban J connectivity index is 1.93. The van der Waals surface area contributed by atoms with Crippen LogP contribution in [0.4, 0.5) is 0 Å². The van der Waals surface area contributed by atoms with Gasteiger partial charge in [0.15, 0.2) is 5.69 Å². The summed E-state index contributed by atoms with van der Waals surface area (Å²) in [5.41, 5.74) is 2.57. The number of allylic oxidation sites excluding steroid dienone is 3. The van der Waals surface area contributed by atoms with Crippen molar-refractivity contribution < 1.29 is 9.90 Å². The van der Waals surface area contributed by atoms with Crippen molar-refractivity contribution >= 4 is 23.3 Å². The van der Waals surface area contributed by atoms with E-state index in [-0.39, 0.29) is 11.3 Å². The van der Waals surface area contributed by atoms with E-state index in [4.69, 9.17) is 5.41 Å². The largest absolute Gasteiger partial charge is 0.477 e. The summed E-state index contributed by atoms with van der Waals surface area (Å²) in [6.07, 6.45) is 4.91.